The van der Waals surface area contributed by atoms with Crippen molar-refractivity contribution in [3.05, 3.63) is 176 Å². The average Bonchev–Trinajstić information content (AvgIpc) is 3.72. The zero-order chi connectivity index (χ0) is 32.3. The molecule has 0 amide bonds. The predicted octanol–water partition coefficient (Wildman–Crippen LogP) is 13.4. The molecule has 0 atom stereocenters. The van der Waals surface area contributed by atoms with E-state index in [9.17, 15) is 0 Å². The Bertz CT molecular complexity index is 2830. The van der Waals surface area contributed by atoms with Crippen molar-refractivity contribution >= 4 is 71.7 Å². The molecule has 0 fully saturated rings. The minimum absolute atomic E-state index is 0.853. The van der Waals surface area contributed by atoms with Crippen LogP contribution in [0.5, 0.6) is 0 Å². The van der Waals surface area contributed by atoms with Crippen molar-refractivity contribution in [3.63, 3.8) is 0 Å². The van der Waals surface area contributed by atoms with Gasteiger partial charge in [-0.3, -0.25) is 0 Å². The van der Waals surface area contributed by atoms with Gasteiger partial charge in [-0.15, -0.1) is 0 Å². The maximum atomic E-state index is 6.52. The molecule has 0 saturated heterocycles. The lowest BCUT2D eigenvalue weighted by Crippen LogP contribution is -2.10. The van der Waals surface area contributed by atoms with Crippen LogP contribution in [0.25, 0.3) is 76.9 Å². The number of hydrogen-bond acceptors (Lipinski definition) is 3. The standard InChI is InChI=1S/C46H29NO2/c1-2-11-30(12-3-1)36-15-6-7-16-37(36)31-21-23-34(24-22-31)47(35-25-26-39-38-17-8-9-19-42(38)48-45(39)29-35)41-18-10-20-43-46(41)40-27-32-13-4-5-14-33(32)28-44(40)49-43/h1-29H. The minimum atomic E-state index is 0.853. The van der Waals surface area contributed by atoms with Crippen molar-refractivity contribution < 1.29 is 8.83 Å². The van der Waals surface area contributed by atoms with Gasteiger partial charge in [-0.25, -0.2) is 0 Å². The van der Waals surface area contributed by atoms with E-state index in [0.717, 1.165) is 71.9 Å². The summed E-state index contributed by atoms with van der Waals surface area (Å²) >= 11 is 0. The fourth-order valence-electron chi connectivity index (χ4n) is 7.35. The second kappa shape index (κ2) is 11.0. The molecule has 0 spiro atoms. The summed E-state index contributed by atoms with van der Waals surface area (Å²) in [4.78, 5) is 2.33. The minimum Gasteiger partial charge on any atom is -0.456 e. The molecule has 0 radical (unpaired) electrons. The molecule has 2 aromatic heterocycles. The largest absolute Gasteiger partial charge is 0.456 e. The zero-order valence-electron chi connectivity index (χ0n) is 26.5. The SMILES string of the molecule is c1ccc(-c2ccccc2-c2ccc(N(c3ccc4c(c3)oc3ccccc34)c3cccc4oc5cc6ccccc6cc5c34)cc2)cc1. The number of fused-ring (bicyclic) bond motifs is 7. The lowest BCUT2D eigenvalue weighted by atomic mass is 9.94. The summed E-state index contributed by atoms with van der Waals surface area (Å²) in [5.41, 5.74) is 11.3. The molecule has 0 aliphatic rings. The summed E-state index contributed by atoms with van der Waals surface area (Å²) in [6.45, 7) is 0. The molecule has 0 bridgehead atoms. The van der Waals surface area contributed by atoms with E-state index in [-0.39, 0.29) is 0 Å². The van der Waals surface area contributed by atoms with Crippen LogP contribution in [0.15, 0.2) is 185 Å². The van der Waals surface area contributed by atoms with Gasteiger partial charge in [-0.05, 0) is 87.6 Å². The Morgan fingerprint density at radius 2 is 0.939 bits per heavy atom. The Balaban J connectivity index is 1.19. The van der Waals surface area contributed by atoms with Crippen LogP contribution >= 0.6 is 0 Å². The van der Waals surface area contributed by atoms with Gasteiger partial charge in [0.25, 0.3) is 0 Å². The monoisotopic (exact) mass is 627 g/mol. The summed E-state index contributed by atoms with van der Waals surface area (Å²) in [5, 5.41) is 6.73. The molecule has 10 aromatic rings. The van der Waals surface area contributed by atoms with Crippen molar-refractivity contribution in [1.29, 1.82) is 0 Å². The molecule has 8 aromatic carbocycles. The highest BCUT2D eigenvalue weighted by Crippen LogP contribution is 2.45. The third-order valence-corrected chi connectivity index (χ3v) is 9.65. The molecule has 0 aliphatic heterocycles. The van der Waals surface area contributed by atoms with Crippen LogP contribution < -0.4 is 4.90 Å². The molecule has 0 saturated carbocycles. The van der Waals surface area contributed by atoms with Gasteiger partial charge in [-0.2, -0.15) is 0 Å². The fourth-order valence-corrected chi connectivity index (χ4v) is 7.35. The van der Waals surface area contributed by atoms with Crippen molar-refractivity contribution in [2.45, 2.75) is 0 Å². The predicted molar refractivity (Wildman–Crippen MR) is 204 cm³/mol. The molecular formula is C46H29NO2. The topological polar surface area (TPSA) is 29.5 Å². The summed E-state index contributed by atoms with van der Waals surface area (Å²) in [6, 6.07) is 62.0. The van der Waals surface area contributed by atoms with Crippen LogP contribution in [0.3, 0.4) is 0 Å². The fraction of sp³-hybridized carbons (Fsp3) is 0. The Hall–Kier alpha value is -6.58. The van der Waals surface area contributed by atoms with Crippen LogP contribution in [0.2, 0.25) is 0 Å². The van der Waals surface area contributed by atoms with Crippen molar-refractivity contribution in [1.82, 2.24) is 0 Å². The molecule has 3 nitrogen and oxygen atoms in total. The smallest absolute Gasteiger partial charge is 0.137 e. The maximum Gasteiger partial charge on any atom is 0.137 e. The summed E-state index contributed by atoms with van der Waals surface area (Å²) in [7, 11) is 0. The first-order valence-corrected chi connectivity index (χ1v) is 16.6. The van der Waals surface area contributed by atoms with E-state index in [2.05, 4.69) is 169 Å². The van der Waals surface area contributed by atoms with Gasteiger partial charge in [-0.1, -0.05) is 115 Å². The van der Waals surface area contributed by atoms with Gasteiger partial charge in [0.15, 0.2) is 0 Å². The van der Waals surface area contributed by atoms with Crippen LogP contribution in [-0.2, 0) is 0 Å². The third-order valence-electron chi connectivity index (χ3n) is 9.65. The number of nitrogens with zero attached hydrogens (tertiary/aromatic N) is 1. The number of hydrogen-bond donors (Lipinski definition) is 0. The first-order valence-electron chi connectivity index (χ1n) is 16.6. The Kier molecular flexibility index (Phi) is 6.18. The molecule has 0 aliphatic carbocycles. The van der Waals surface area contributed by atoms with Gasteiger partial charge in [0.05, 0.1) is 11.1 Å². The average molecular weight is 628 g/mol. The second-order valence-corrected chi connectivity index (χ2v) is 12.5. The van der Waals surface area contributed by atoms with E-state index in [0.29, 0.717) is 0 Å². The Morgan fingerprint density at radius 1 is 0.347 bits per heavy atom. The van der Waals surface area contributed by atoms with Crippen molar-refractivity contribution in [3.8, 4) is 22.3 Å². The lowest BCUT2D eigenvalue weighted by Gasteiger charge is -2.26. The number of rotatable bonds is 5. The van der Waals surface area contributed by atoms with Crippen molar-refractivity contribution in [2.75, 3.05) is 4.90 Å². The summed E-state index contributed by atoms with van der Waals surface area (Å²) < 4.78 is 12.9. The number of anilines is 3. The molecule has 49 heavy (non-hydrogen) atoms. The van der Waals surface area contributed by atoms with E-state index in [1.165, 1.54) is 22.1 Å². The third kappa shape index (κ3) is 4.51. The molecule has 2 heterocycles. The Labute approximate surface area is 282 Å². The van der Waals surface area contributed by atoms with E-state index in [1.807, 2.05) is 12.1 Å². The molecule has 3 heteroatoms. The number of furan rings is 2. The molecule has 0 unspecified atom stereocenters. The van der Waals surface area contributed by atoms with Gasteiger partial charge >= 0.3 is 0 Å². The lowest BCUT2D eigenvalue weighted by molar-refractivity contribution is 0.669. The number of benzene rings is 8. The second-order valence-electron chi connectivity index (χ2n) is 12.5. The quantitative estimate of drug-likeness (QED) is 0.190. The van der Waals surface area contributed by atoms with Crippen LogP contribution in [0, 0.1) is 0 Å². The van der Waals surface area contributed by atoms with Gasteiger partial charge in [0, 0.05) is 33.6 Å². The van der Waals surface area contributed by atoms with E-state index < -0.39 is 0 Å². The number of para-hydroxylation sites is 1. The highest BCUT2D eigenvalue weighted by molar-refractivity contribution is 6.16. The first kappa shape index (κ1) is 27.5. The summed E-state index contributed by atoms with van der Waals surface area (Å²) in [5.74, 6) is 0. The van der Waals surface area contributed by atoms with E-state index in [4.69, 9.17) is 8.83 Å². The van der Waals surface area contributed by atoms with Crippen LogP contribution in [0.4, 0.5) is 17.1 Å². The Morgan fingerprint density at radius 3 is 1.76 bits per heavy atom. The zero-order valence-corrected chi connectivity index (χ0v) is 26.5. The molecular weight excluding hydrogens is 599 g/mol. The summed E-state index contributed by atoms with van der Waals surface area (Å²) in [6.07, 6.45) is 0. The highest BCUT2D eigenvalue weighted by atomic mass is 16.3. The maximum absolute atomic E-state index is 6.52. The molecule has 10 rings (SSSR count). The van der Waals surface area contributed by atoms with E-state index >= 15 is 0 Å². The van der Waals surface area contributed by atoms with Crippen LogP contribution in [0.1, 0.15) is 0 Å². The first-order chi connectivity index (χ1) is 24.3. The normalized spacial score (nSPS) is 11.7. The van der Waals surface area contributed by atoms with Gasteiger partial charge in [0.1, 0.15) is 22.3 Å². The van der Waals surface area contributed by atoms with E-state index in [1.54, 1.807) is 0 Å². The molecule has 0 N–H and O–H groups in total. The van der Waals surface area contributed by atoms with Crippen molar-refractivity contribution in [2.24, 2.45) is 0 Å². The van der Waals surface area contributed by atoms with Crippen LogP contribution in [-0.4, -0.2) is 0 Å². The van der Waals surface area contributed by atoms with Gasteiger partial charge < -0.3 is 13.7 Å². The highest BCUT2D eigenvalue weighted by Gasteiger charge is 2.21. The van der Waals surface area contributed by atoms with Gasteiger partial charge in [0.2, 0.25) is 0 Å². The molecule has 230 valence electrons.